The molecule has 0 unspecified atom stereocenters. The van der Waals surface area contributed by atoms with E-state index in [4.69, 9.17) is 0 Å². The Labute approximate surface area is 353 Å². The molecule has 0 atom stereocenters. The summed E-state index contributed by atoms with van der Waals surface area (Å²) in [4.78, 5) is 0. The van der Waals surface area contributed by atoms with Gasteiger partial charge in [0, 0.05) is 0 Å². The zero-order valence-corrected chi connectivity index (χ0v) is 39.3. The third-order valence-electron chi connectivity index (χ3n) is 9.89. The van der Waals surface area contributed by atoms with Crippen molar-refractivity contribution in [1.29, 1.82) is 0 Å². The van der Waals surface area contributed by atoms with Crippen LogP contribution in [0.15, 0.2) is 121 Å². The van der Waals surface area contributed by atoms with Crippen LogP contribution in [0, 0.1) is 27.7 Å². The van der Waals surface area contributed by atoms with Crippen molar-refractivity contribution in [2.24, 2.45) is 0 Å². The predicted molar refractivity (Wildman–Crippen MR) is 229 cm³/mol. The molecule has 0 aliphatic heterocycles. The van der Waals surface area contributed by atoms with E-state index in [2.05, 4.69) is 204 Å². The van der Waals surface area contributed by atoms with Gasteiger partial charge in [0.15, 0.2) is 0 Å². The quantitative estimate of drug-likeness (QED) is 0.123. The molecule has 0 nitrogen and oxygen atoms in total. The van der Waals surface area contributed by atoms with Crippen LogP contribution in [0.25, 0.3) is 54.9 Å². The summed E-state index contributed by atoms with van der Waals surface area (Å²) in [5, 5.41) is 5.39. The number of benzene rings is 5. The van der Waals surface area contributed by atoms with Gasteiger partial charge in [-0.25, -0.2) is 0 Å². The maximum atomic E-state index is 2.36. The Kier molecular flexibility index (Phi) is 15.8. The van der Waals surface area contributed by atoms with Crippen LogP contribution in [0.4, 0.5) is 0 Å². The minimum atomic E-state index is 0. The van der Waals surface area contributed by atoms with Crippen LogP contribution in [0.5, 0.6) is 0 Å². The molecule has 280 valence electrons. The second-order valence-electron chi connectivity index (χ2n) is 16.8. The van der Waals surface area contributed by atoms with Crippen molar-refractivity contribution < 1.29 is 48.1 Å². The molecule has 54 heavy (non-hydrogen) atoms. The molecular weight excluding hydrogens is 791 g/mol. The summed E-state index contributed by atoms with van der Waals surface area (Å²) in [5.74, 6) is 0. The van der Waals surface area contributed by atoms with Gasteiger partial charge in [0.05, 0.1) is 0 Å². The van der Waals surface area contributed by atoms with Crippen LogP contribution in [0.2, 0.25) is 13.1 Å². The Hall–Kier alpha value is -3.00. The fraction of sp³-hybridized carbons (Fsp3) is 0.280. The van der Waals surface area contributed by atoms with E-state index in [0.717, 1.165) is 0 Å². The molecule has 7 rings (SSSR count). The Morgan fingerprint density at radius 2 is 0.981 bits per heavy atom. The Morgan fingerprint density at radius 1 is 0.519 bits per heavy atom. The van der Waals surface area contributed by atoms with Gasteiger partial charge in [-0.15, -0.1) is 68.6 Å². The second-order valence-corrected chi connectivity index (χ2v) is 26.1. The van der Waals surface area contributed by atoms with Crippen molar-refractivity contribution in [3.05, 3.63) is 155 Å². The van der Waals surface area contributed by atoms with Crippen molar-refractivity contribution in [2.45, 2.75) is 93.2 Å². The summed E-state index contributed by atoms with van der Waals surface area (Å²) in [7, 11) is 0. The molecule has 0 saturated heterocycles. The topological polar surface area (TPSA) is 0 Å². The van der Waals surface area contributed by atoms with Gasteiger partial charge >= 0.3 is 41.9 Å². The molecule has 0 amide bonds. The summed E-state index contributed by atoms with van der Waals surface area (Å²) in [5.41, 5.74) is 16.6. The van der Waals surface area contributed by atoms with E-state index in [9.17, 15) is 0 Å². The van der Waals surface area contributed by atoms with Gasteiger partial charge in [-0.1, -0.05) is 168 Å². The van der Waals surface area contributed by atoms with E-state index in [-0.39, 0.29) is 41.1 Å². The van der Waals surface area contributed by atoms with Crippen molar-refractivity contribution >= 4 is 27.0 Å². The van der Waals surface area contributed by atoms with Gasteiger partial charge in [-0.05, 0) is 46.9 Å². The Morgan fingerprint density at radius 3 is 1.46 bits per heavy atom. The smallest absolute Gasteiger partial charge is 0.0132 e. The number of rotatable bonds is 3. The van der Waals surface area contributed by atoms with Crippen LogP contribution in [0.3, 0.4) is 0 Å². The van der Waals surface area contributed by atoms with Crippen molar-refractivity contribution in [3.63, 3.8) is 0 Å². The van der Waals surface area contributed by atoms with Gasteiger partial charge in [0.25, 0.3) is 0 Å². The van der Waals surface area contributed by atoms with Gasteiger partial charge in [-0.3, -0.25) is 0 Å². The molecular formula is C50H56Cl2SiZr-2. The van der Waals surface area contributed by atoms with Crippen LogP contribution in [0.1, 0.15) is 74.9 Å². The number of fused-ring (bicyclic) bond motifs is 2. The maximum Gasteiger partial charge on any atom is -0.0132 e. The summed E-state index contributed by atoms with van der Waals surface area (Å²) >= 11 is 1.74. The Bertz CT molecular complexity index is 2300. The van der Waals surface area contributed by atoms with E-state index in [1.807, 2.05) is 0 Å². The van der Waals surface area contributed by atoms with Gasteiger partial charge in [0.1, 0.15) is 0 Å². The average Bonchev–Trinajstić information content (AvgIpc) is 3.68. The third kappa shape index (κ3) is 10.9. The van der Waals surface area contributed by atoms with Gasteiger partial charge in [-0.2, -0.15) is 6.07 Å². The standard InChI is InChI=1S/C27H27.C21H23.C2H6Si.2ClH.Zr/c1-18-8-6-9-19(2)26(18)22-16-21-10-7-11-24(25(21)17-22)20-12-14-23(15-13-20)27(3,4)5;1-14-12-19-15(2)6-11-18(20(19)13-14)16-7-9-17(10-8-16)21(3,4)5;1-3-2;;;/h6-17H,1-5H3;6-13H,1-5H3;1-2H3;2*1H;/q2*-1;;;;+2/p-2. The van der Waals surface area contributed by atoms with E-state index >= 15 is 0 Å². The number of hydrogen-bond acceptors (Lipinski definition) is 0. The zero-order valence-electron chi connectivity index (χ0n) is 34.3. The number of hydrogen-bond donors (Lipinski definition) is 0. The minimum absolute atomic E-state index is 0. The first kappa shape index (κ1) is 45.4. The molecule has 0 aliphatic rings. The molecule has 0 radical (unpaired) electrons. The maximum absolute atomic E-state index is 2.36. The van der Waals surface area contributed by atoms with Gasteiger partial charge in [0.2, 0.25) is 0 Å². The van der Waals surface area contributed by atoms with E-state index in [0.29, 0.717) is 0 Å². The Balaban J connectivity index is 0.000000262. The largest absolute Gasteiger partial charge is 1.00 e. The van der Waals surface area contributed by atoms with E-state index < -0.39 is 0 Å². The zero-order chi connectivity index (χ0) is 38.0. The molecule has 7 aromatic carbocycles. The molecule has 0 fully saturated rings. The first-order valence-corrected chi connectivity index (χ1v) is 24.8. The van der Waals surface area contributed by atoms with Gasteiger partial charge < -0.3 is 24.8 Å². The minimum Gasteiger partial charge on any atom is -1.00 e. The van der Waals surface area contributed by atoms with E-state index in [1.54, 1.807) is 23.3 Å². The summed E-state index contributed by atoms with van der Waals surface area (Å²) in [6.45, 7) is 26.9. The van der Waals surface area contributed by atoms with Crippen LogP contribution in [-0.4, -0.2) is 5.43 Å². The molecule has 0 aliphatic carbocycles. The van der Waals surface area contributed by atoms with Crippen LogP contribution < -0.4 is 24.8 Å². The number of aryl methyl sites for hydroxylation is 4. The van der Waals surface area contributed by atoms with Crippen LogP contribution in [-0.2, 0) is 34.2 Å². The van der Waals surface area contributed by atoms with E-state index in [1.165, 1.54) is 88.3 Å². The first-order valence-electron chi connectivity index (χ1n) is 18.6. The molecule has 0 aromatic heterocycles. The molecule has 0 heterocycles. The summed E-state index contributed by atoms with van der Waals surface area (Å²) < 4.78 is 0. The molecule has 4 heteroatoms. The van der Waals surface area contributed by atoms with Crippen molar-refractivity contribution in [2.75, 3.05) is 0 Å². The van der Waals surface area contributed by atoms with Crippen molar-refractivity contribution in [1.82, 2.24) is 0 Å². The second kappa shape index (κ2) is 18.8. The summed E-state index contributed by atoms with van der Waals surface area (Å²) in [6, 6.07) is 45.0. The fourth-order valence-corrected chi connectivity index (χ4v) is 7.04. The van der Waals surface area contributed by atoms with Crippen LogP contribution >= 0.6 is 0 Å². The molecule has 0 N–H and O–H groups in total. The number of halogens is 2. The average molecular weight is 847 g/mol. The molecule has 7 aromatic rings. The normalized spacial score (nSPS) is 11.1. The first-order chi connectivity index (χ1) is 24.4. The van der Waals surface area contributed by atoms with Crippen molar-refractivity contribution in [3.8, 4) is 33.4 Å². The fourth-order valence-electron chi connectivity index (χ4n) is 7.04. The molecule has 0 spiro atoms. The third-order valence-corrected chi connectivity index (χ3v) is 9.89. The summed E-state index contributed by atoms with van der Waals surface area (Å²) in [6.07, 6.45) is 0. The SMILES string of the molecule is C[Si](C)=[Zr+2].Cc1cc2c(-c3ccc(C(C)(C)C)cc3)ccc(C)c2[cH-]1.Cc1cccc(C)c1-c1cc2c(-c3ccc(C(C)(C)C)cc3)cccc2[cH-]1.[Cl-].[Cl-]. The molecule has 0 bridgehead atoms. The monoisotopic (exact) mass is 844 g/mol. The predicted octanol–water partition coefficient (Wildman–Crippen LogP) is 8.74. The molecule has 0 saturated carbocycles.